The van der Waals surface area contributed by atoms with Gasteiger partial charge in [-0.2, -0.15) is 0 Å². The van der Waals surface area contributed by atoms with E-state index in [1.807, 2.05) is 12.1 Å². The molecule has 1 heterocycles. The number of nitrogens with zero attached hydrogens (tertiary/aromatic N) is 2. The van der Waals surface area contributed by atoms with Crippen LogP contribution in [0.3, 0.4) is 0 Å². The number of anilines is 1. The zero-order chi connectivity index (χ0) is 14.8. The van der Waals surface area contributed by atoms with Gasteiger partial charge in [0.15, 0.2) is 0 Å². The second kappa shape index (κ2) is 5.90. The van der Waals surface area contributed by atoms with E-state index in [-0.39, 0.29) is 0 Å². The Bertz CT molecular complexity index is 760. The Kier molecular flexibility index (Phi) is 3.97. The molecule has 21 heavy (non-hydrogen) atoms. The molecule has 2 N–H and O–H groups in total. The first-order valence-corrected chi connectivity index (χ1v) is 7.95. The van der Waals surface area contributed by atoms with E-state index in [0.717, 1.165) is 40.9 Å². The predicted octanol–water partition coefficient (Wildman–Crippen LogP) is 4.19. The lowest BCUT2D eigenvalue weighted by molar-refractivity contribution is 0.707. The van der Waals surface area contributed by atoms with Gasteiger partial charge in [-0.15, -0.1) is 0 Å². The Morgan fingerprint density at radius 2 is 1.86 bits per heavy atom. The number of fused-ring (bicyclic) bond motifs is 1. The van der Waals surface area contributed by atoms with E-state index >= 15 is 0 Å². The maximum Gasteiger partial charge on any atom is 0.110 e. The van der Waals surface area contributed by atoms with E-state index in [1.165, 1.54) is 11.1 Å². The van der Waals surface area contributed by atoms with E-state index in [9.17, 15) is 0 Å². The van der Waals surface area contributed by atoms with Gasteiger partial charge in [0.1, 0.15) is 5.82 Å². The molecule has 2 aromatic carbocycles. The van der Waals surface area contributed by atoms with Gasteiger partial charge in [0.25, 0.3) is 0 Å². The van der Waals surface area contributed by atoms with Crippen LogP contribution in [0.1, 0.15) is 18.3 Å². The first-order valence-electron chi connectivity index (χ1n) is 7.16. The standard InChI is InChI=1S/C17H18BrN3/c1-2-21-16-9-6-13(18)11-15(16)20-17(21)10-5-12-3-7-14(19)8-4-12/h3-4,6-9,11H,2,5,10,19H2,1H3. The topological polar surface area (TPSA) is 43.8 Å². The maximum atomic E-state index is 5.72. The third-order valence-corrected chi connectivity index (χ3v) is 4.22. The molecule has 0 aliphatic heterocycles. The van der Waals surface area contributed by atoms with E-state index in [4.69, 9.17) is 10.7 Å². The summed E-state index contributed by atoms with van der Waals surface area (Å²) in [5, 5.41) is 0. The van der Waals surface area contributed by atoms with E-state index in [0.29, 0.717) is 0 Å². The number of benzene rings is 2. The van der Waals surface area contributed by atoms with Gasteiger partial charge in [-0.05, 0) is 49.2 Å². The van der Waals surface area contributed by atoms with E-state index in [1.54, 1.807) is 0 Å². The second-order valence-electron chi connectivity index (χ2n) is 5.15. The van der Waals surface area contributed by atoms with Crippen molar-refractivity contribution in [1.82, 2.24) is 9.55 Å². The van der Waals surface area contributed by atoms with Crippen molar-refractivity contribution in [3.05, 3.63) is 58.3 Å². The highest BCUT2D eigenvalue weighted by Gasteiger charge is 2.09. The summed E-state index contributed by atoms with van der Waals surface area (Å²) in [5.41, 5.74) is 10.1. The average Bonchev–Trinajstić information content (AvgIpc) is 2.83. The quantitative estimate of drug-likeness (QED) is 0.722. The monoisotopic (exact) mass is 343 g/mol. The SMILES string of the molecule is CCn1c(CCc2ccc(N)cc2)nc2cc(Br)ccc21. The number of hydrogen-bond donors (Lipinski definition) is 1. The van der Waals surface area contributed by atoms with Crippen LogP contribution in [0, 0.1) is 0 Å². The number of rotatable bonds is 4. The van der Waals surface area contributed by atoms with Crippen molar-refractivity contribution in [2.24, 2.45) is 0 Å². The van der Waals surface area contributed by atoms with Gasteiger partial charge in [-0.3, -0.25) is 0 Å². The molecule has 0 radical (unpaired) electrons. The molecule has 0 atom stereocenters. The third-order valence-electron chi connectivity index (χ3n) is 3.72. The number of aryl methyl sites for hydroxylation is 3. The molecule has 0 spiro atoms. The highest BCUT2D eigenvalue weighted by Crippen LogP contribution is 2.22. The fourth-order valence-corrected chi connectivity index (χ4v) is 2.99. The molecule has 0 bridgehead atoms. The summed E-state index contributed by atoms with van der Waals surface area (Å²) in [4.78, 5) is 4.79. The maximum absolute atomic E-state index is 5.72. The number of aromatic nitrogens is 2. The minimum Gasteiger partial charge on any atom is -0.399 e. The summed E-state index contributed by atoms with van der Waals surface area (Å²) in [6, 6.07) is 14.4. The van der Waals surface area contributed by atoms with Gasteiger partial charge in [-0.1, -0.05) is 28.1 Å². The van der Waals surface area contributed by atoms with Crippen LogP contribution < -0.4 is 5.73 Å². The van der Waals surface area contributed by atoms with Crippen LogP contribution in [0.2, 0.25) is 0 Å². The molecule has 0 amide bonds. The van der Waals surface area contributed by atoms with Crippen LogP contribution in [0.15, 0.2) is 46.9 Å². The van der Waals surface area contributed by atoms with Gasteiger partial charge in [0.05, 0.1) is 11.0 Å². The Balaban J connectivity index is 1.87. The number of imidazole rings is 1. The molecular weight excluding hydrogens is 326 g/mol. The summed E-state index contributed by atoms with van der Waals surface area (Å²) in [7, 11) is 0. The smallest absolute Gasteiger partial charge is 0.110 e. The van der Waals surface area contributed by atoms with Gasteiger partial charge in [0, 0.05) is 23.1 Å². The van der Waals surface area contributed by atoms with Crippen LogP contribution in [-0.2, 0) is 19.4 Å². The molecule has 3 aromatic rings. The lowest BCUT2D eigenvalue weighted by atomic mass is 10.1. The molecule has 0 saturated heterocycles. The first kappa shape index (κ1) is 14.1. The average molecular weight is 344 g/mol. The van der Waals surface area contributed by atoms with Crippen molar-refractivity contribution in [2.75, 3.05) is 5.73 Å². The molecule has 0 aliphatic rings. The molecule has 3 rings (SSSR count). The van der Waals surface area contributed by atoms with Crippen LogP contribution >= 0.6 is 15.9 Å². The molecule has 108 valence electrons. The number of hydrogen-bond acceptors (Lipinski definition) is 2. The number of nitrogens with two attached hydrogens (primary N) is 1. The zero-order valence-electron chi connectivity index (χ0n) is 12.0. The molecule has 1 aromatic heterocycles. The van der Waals surface area contributed by atoms with Crippen LogP contribution in [0.5, 0.6) is 0 Å². The van der Waals surface area contributed by atoms with Crippen molar-refractivity contribution in [1.29, 1.82) is 0 Å². The fourth-order valence-electron chi connectivity index (χ4n) is 2.64. The predicted molar refractivity (Wildman–Crippen MR) is 91.4 cm³/mol. The molecular formula is C17H18BrN3. The molecule has 0 fully saturated rings. The minimum atomic E-state index is 0.810. The van der Waals surface area contributed by atoms with Gasteiger partial charge < -0.3 is 10.3 Å². The van der Waals surface area contributed by atoms with Crippen LogP contribution in [0.25, 0.3) is 11.0 Å². The fraction of sp³-hybridized carbons (Fsp3) is 0.235. The zero-order valence-corrected chi connectivity index (χ0v) is 13.6. The molecule has 0 unspecified atom stereocenters. The summed E-state index contributed by atoms with van der Waals surface area (Å²) in [6.45, 7) is 3.10. The van der Waals surface area contributed by atoms with Crippen molar-refractivity contribution in [3.8, 4) is 0 Å². The van der Waals surface area contributed by atoms with Crippen molar-refractivity contribution in [2.45, 2.75) is 26.3 Å². The molecule has 3 nitrogen and oxygen atoms in total. The Morgan fingerprint density at radius 3 is 2.57 bits per heavy atom. The highest BCUT2D eigenvalue weighted by atomic mass is 79.9. The summed E-state index contributed by atoms with van der Waals surface area (Å²) in [6.07, 6.45) is 1.91. The Morgan fingerprint density at radius 1 is 1.10 bits per heavy atom. The molecule has 4 heteroatoms. The van der Waals surface area contributed by atoms with E-state index < -0.39 is 0 Å². The van der Waals surface area contributed by atoms with Crippen molar-refractivity contribution in [3.63, 3.8) is 0 Å². The Hall–Kier alpha value is -1.81. The van der Waals surface area contributed by atoms with Crippen molar-refractivity contribution >= 4 is 32.7 Å². The summed E-state index contributed by atoms with van der Waals surface area (Å²) < 4.78 is 3.36. The Labute approximate surface area is 132 Å². The normalized spacial score (nSPS) is 11.1. The van der Waals surface area contributed by atoms with Crippen LogP contribution in [0.4, 0.5) is 5.69 Å². The first-order chi connectivity index (χ1) is 10.2. The summed E-state index contributed by atoms with van der Waals surface area (Å²) >= 11 is 3.51. The third kappa shape index (κ3) is 2.95. The lowest BCUT2D eigenvalue weighted by Gasteiger charge is -2.06. The van der Waals surface area contributed by atoms with Crippen molar-refractivity contribution < 1.29 is 0 Å². The van der Waals surface area contributed by atoms with Gasteiger partial charge >= 0.3 is 0 Å². The second-order valence-corrected chi connectivity index (χ2v) is 6.06. The lowest BCUT2D eigenvalue weighted by Crippen LogP contribution is -2.03. The summed E-state index contributed by atoms with van der Waals surface area (Å²) in [5.74, 6) is 1.14. The number of nitrogen functional groups attached to an aromatic ring is 1. The molecule has 0 aliphatic carbocycles. The molecule has 0 saturated carbocycles. The van der Waals surface area contributed by atoms with Crippen LogP contribution in [-0.4, -0.2) is 9.55 Å². The van der Waals surface area contributed by atoms with E-state index in [2.05, 4.69) is 57.8 Å². The van der Waals surface area contributed by atoms with Gasteiger partial charge in [-0.25, -0.2) is 4.98 Å². The number of halogens is 1. The minimum absolute atomic E-state index is 0.810. The van der Waals surface area contributed by atoms with Gasteiger partial charge in [0.2, 0.25) is 0 Å². The largest absolute Gasteiger partial charge is 0.399 e. The highest BCUT2D eigenvalue weighted by molar-refractivity contribution is 9.10.